The maximum atomic E-state index is 9.90. The molecule has 22 heavy (non-hydrogen) atoms. The molecule has 0 atom stereocenters. The van der Waals surface area contributed by atoms with Gasteiger partial charge in [0.2, 0.25) is 0 Å². The molecule has 0 aliphatic carbocycles. The van der Waals surface area contributed by atoms with Crippen LogP contribution in [0.25, 0.3) is 0 Å². The van der Waals surface area contributed by atoms with Crippen molar-refractivity contribution < 1.29 is 9.84 Å². The number of phenolic OH excluding ortho intramolecular Hbond substituents is 1. The Bertz CT molecular complexity index is 680. The van der Waals surface area contributed by atoms with Gasteiger partial charge in [-0.2, -0.15) is 0 Å². The first-order chi connectivity index (χ1) is 10.2. The highest BCUT2D eigenvalue weighted by Gasteiger charge is 2.26. The third kappa shape index (κ3) is 3.40. The third-order valence-corrected chi connectivity index (χ3v) is 6.05. The summed E-state index contributed by atoms with van der Waals surface area (Å²) < 4.78 is 8.47. The predicted octanol–water partition coefficient (Wildman–Crippen LogP) is 6.78. The van der Waals surface area contributed by atoms with Crippen LogP contribution in [0, 0.1) is 0 Å². The monoisotopic (exact) mass is 554 g/mol. The molecule has 0 saturated heterocycles. The van der Waals surface area contributed by atoms with Crippen LogP contribution in [0.4, 0.5) is 0 Å². The third-order valence-electron chi connectivity index (χ3n) is 3.66. The Kier molecular flexibility index (Phi) is 5.68. The van der Waals surface area contributed by atoms with E-state index in [4.69, 9.17) is 4.74 Å². The standard InChI is InChI=1S/C16H14Br4O2/c1-16(2,8-4-10(17)14(21)11(18)5-8)9-6-12(19)15(22-3)13(20)7-9/h4-7,21H,1-3H3. The molecule has 0 heterocycles. The number of hydrogen-bond acceptors (Lipinski definition) is 2. The van der Waals surface area contributed by atoms with Gasteiger partial charge in [0.05, 0.1) is 25.0 Å². The van der Waals surface area contributed by atoms with Crippen LogP contribution in [0.1, 0.15) is 25.0 Å². The molecular weight excluding hydrogens is 544 g/mol. The molecule has 0 aliphatic rings. The van der Waals surface area contributed by atoms with Crippen LogP contribution < -0.4 is 4.74 Å². The highest BCUT2D eigenvalue weighted by atomic mass is 79.9. The van der Waals surface area contributed by atoms with E-state index >= 15 is 0 Å². The van der Waals surface area contributed by atoms with E-state index in [-0.39, 0.29) is 11.2 Å². The fourth-order valence-corrected chi connectivity index (χ4v) is 4.91. The lowest BCUT2D eigenvalue weighted by molar-refractivity contribution is 0.409. The van der Waals surface area contributed by atoms with Crippen LogP contribution >= 0.6 is 63.7 Å². The molecule has 0 amide bonds. The van der Waals surface area contributed by atoms with Gasteiger partial charge in [-0.3, -0.25) is 0 Å². The summed E-state index contributed by atoms with van der Waals surface area (Å²) in [5, 5.41) is 9.90. The maximum Gasteiger partial charge on any atom is 0.147 e. The number of methoxy groups -OCH3 is 1. The lowest BCUT2D eigenvalue weighted by atomic mass is 9.78. The molecule has 2 nitrogen and oxygen atoms in total. The summed E-state index contributed by atoms with van der Waals surface area (Å²) in [6.45, 7) is 4.28. The first kappa shape index (κ1) is 18.3. The first-order valence-corrected chi connectivity index (χ1v) is 9.57. The van der Waals surface area contributed by atoms with Gasteiger partial charge < -0.3 is 9.84 Å². The van der Waals surface area contributed by atoms with Crippen LogP contribution in [0.3, 0.4) is 0 Å². The van der Waals surface area contributed by atoms with Gasteiger partial charge in [-0.05, 0) is 99.1 Å². The minimum Gasteiger partial charge on any atom is -0.506 e. The quantitative estimate of drug-likeness (QED) is 0.451. The fourth-order valence-electron chi connectivity index (χ4n) is 2.21. The number of halogens is 4. The van der Waals surface area contributed by atoms with Crippen LogP contribution in [0.2, 0.25) is 0 Å². The number of phenols is 1. The van der Waals surface area contributed by atoms with E-state index in [0.29, 0.717) is 8.95 Å². The van der Waals surface area contributed by atoms with E-state index in [2.05, 4.69) is 89.7 Å². The highest BCUT2D eigenvalue weighted by Crippen LogP contribution is 2.43. The Labute approximate surface area is 163 Å². The van der Waals surface area contributed by atoms with Crippen molar-refractivity contribution in [1.29, 1.82) is 0 Å². The molecule has 1 N–H and O–H groups in total. The van der Waals surface area contributed by atoms with Crippen molar-refractivity contribution in [3.63, 3.8) is 0 Å². The van der Waals surface area contributed by atoms with Gasteiger partial charge >= 0.3 is 0 Å². The molecule has 0 aliphatic heterocycles. The Hall–Kier alpha value is -0.0400. The Morgan fingerprint density at radius 3 is 1.55 bits per heavy atom. The van der Waals surface area contributed by atoms with E-state index in [1.165, 1.54) is 0 Å². The van der Waals surface area contributed by atoms with Gasteiger partial charge in [0.25, 0.3) is 0 Å². The SMILES string of the molecule is COc1c(Br)cc(C(C)(C)c2cc(Br)c(O)c(Br)c2)cc1Br. The van der Waals surface area contributed by atoms with E-state index in [9.17, 15) is 5.11 Å². The zero-order chi connectivity index (χ0) is 16.7. The maximum absolute atomic E-state index is 9.90. The summed E-state index contributed by atoms with van der Waals surface area (Å²) >= 11 is 13.9. The summed E-state index contributed by atoms with van der Waals surface area (Å²) in [5.41, 5.74) is 1.94. The molecule has 6 heteroatoms. The van der Waals surface area contributed by atoms with Crippen molar-refractivity contribution in [3.05, 3.63) is 53.3 Å². The molecule has 2 aromatic carbocycles. The average Bonchev–Trinajstić information content (AvgIpc) is 2.43. The van der Waals surface area contributed by atoms with Gasteiger partial charge in [-0.25, -0.2) is 0 Å². The van der Waals surface area contributed by atoms with Crippen molar-refractivity contribution >= 4 is 63.7 Å². The van der Waals surface area contributed by atoms with E-state index < -0.39 is 0 Å². The van der Waals surface area contributed by atoms with Crippen molar-refractivity contribution in [2.75, 3.05) is 7.11 Å². The summed E-state index contributed by atoms with van der Waals surface area (Å²) in [5.74, 6) is 0.976. The lowest BCUT2D eigenvalue weighted by Crippen LogP contribution is -2.19. The minimum absolute atomic E-state index is 0.205. The smallest absolute Gasteiger partial charge is 0.147 e. The van der Waals surface area contributed by atoms with Gasteiger partial charge in [0, 0.05) is 5.41 Å². The second kappa shape index (κ2) is 6.83. The molecule has 0 spiro atoms. The molecule has 118 valence electrons. The van der Waals surface area contributed by atoms with Gasteiger partial charge in [0.1, 0.15) is 11.5 Å². The molecule has 0 saturated carbocycles. The number of hydrogen-bond donors (Lipinski definition) is 1. The van der Waals surface area contributed by atoms with Crippen LogP contribution in [0.5, 0.6) is 11.5 Å². The normalized spacial score (nSPS) is 11.6. The summed E-state index contributed by atoms with van der Waals surface area (Å²) in [6.07, 6.45) is 0. The average molecular weight is 558 g/mol. The van der Waals surface area contributed by atoms with Crippen molar-refractivity contribution in [1.82, 2.24) is 0 Å². The van der Waals surface area contributed by atoms with Crippen molar-refractivity contribution in [2.45, 2.75) is 19.3 Å². The van der Waals surface area contributed by atoms with Crippen LogP contribution in [0.15, 0.2) is 42.2 Å². The number of aromatic hydroxyl groups is 1. The van der Waals surface area contributed by atoms with Gasteiger partial charge in [-0.15, -0.1) is 0 Å². The highest BCUT2D eigenvalue weighted by molar-refractivity contribution is 9.11. The Morgan fingerprint density at radius 1 is 0.818 bits per heavy atom. The fraction of sp³-hybridized carbons (Fsp3) is 0.250. The van der Waals surface area contributed by atoms with E-state index in [0.717, 1.165) is 25.8 Å². The Balaban J connectivity index is 2.60. The zero-order valence-electron chi connectivity index (χ0n) is 12.2. The number of rotatable bonds is 3. The van der Waals surface area contributed by atoms with Crippen molar-refractivity contribution in [2.24, 2.45) is 0 Å². The van der Waals surface area contributed by atoms with E-state index in [1.54, 1.807) is 7.11 Å². The van der Waals surface area contributed by atoms with Gasteiger partial charge in [-0.1, -0.05) is 13.8 Å². The van der Waals surface area contributed by atoms with Crippen LogP contribution in [-0.4, -0.2) is 12.2 Å². The molecule has 2 aromatic rings. The zero-order valence-corrected chi connectivity index (χ0v) is 18.5. The van der Waals surface area contributed by atoms with E-state index in [1.807, 2.05) is 12.1 Å². The number of benzene rings is 2. The summed E-state index contributed by atoms with van der Waals surface area (Å²) in [7, 11) is 1.64. The summed E-state index contributed by atoms with van der Waals surface area (Å²) in [4.78, 5) is 0. The number of ether oxygens (including phenoxy) is 1. The second-order valence-electron chi connectivity index (χ2n) is 5.39. The molecule has 2 rings (SSSR count). The first-order valence-electron chi connectivity index (χ1n) is 6.40. The topological polar surface area (TPSA) is 29.5 Å². The predicted molar refractivity (Wildman–Crippen MR) is 104 cm³/mol. The van der Waals surface area contributed by atoms with Crippen molar-refractivity contribution in [3.8, 4) is 11.5 Å². The molecule has 0 fully saturated rings. The molecule has 0 unspecified atom stereocenters. The summed E-state index contributed by atoms with van der Waals surface area (Å²) in [6, 6.07) is 7.98. The van der Waals surface area contributed by atoms with Crippen LogP contribution in [-0.2, 0) is 5.41 Å². The molecule has 0 bridgehead atoms. The minimum atomic E-state index is -0.254. The molecule has 0 aromatic heterocycles. The molecular formula is C16H14Br4O2. The Morgan fingerprint density at radius 2 is 1.18 bits per heavy atom. The molecule has 0 radical (unpaired) electrons. The lowest BCUT2D eigenvalue weighted by Gasteiger charge is -2.28. The largest absolute Gasteiger partial charge is 0.506 e. The van der Waals surface area contributed by atoms with Gasteiger partial charge in [0.15, 0.2) is 0 Å². The second-order valence-corrected chi connectivity index (χ2v) is 8.80.